The summed E-state index contributed by atoms with van der Waals surface area (Å²) in [6, 6.07) is 17.3. The Morgan fingerprint density at radius 3 is 2.07 bits per heavy atom. The Kier molecular flexibility index (Phi) is 6.39. The number of carbonyl (C=O) groups is 1. The third-order valence-corrected chi connectivity index (χ3v) is 7.92. The van der Waals surface area contributed by atoms with E-state index in [0.717, 1.165) is 44.6 Å². The Hall–Kier alpha value is -2.38. The fraction of sp³-hybridized carbons (Fsp3) is 0.435. The maximum atomic E-state index is 12.6. The summed E-state index contributed by atoms with van der Waals surface area (Å²) in [6.07, 6.45) is 2.93. The van der Waals surface area contributed by atoms with Crippen LogP contribution in [0.5, 0.6) is 0 Å². The average molecular weight is 428 g/mol. The molecule has 6 nitrogen and oxygen atoms in total. The van der Waals surface area contributed by atoms with Gasteiger partial charge in [-0.3, -0.25) is 4.79 Å². The van der Waals surface area contributed by atoms with Crippen LogP contribution in [0, 0.1) is 0 Å². The number of benzene rings is 2. The quantitative estimate of drug-likeness (QED) is 0.711. The maximum Gasteiger partial charge on any atom is 0.243 e. The predicted molar refractivity (Wildman–Crippen MR) is 118 cm³/mol. The second kappa shape index (κ2) is 9.18. The highest BCUT2D eigenvalue weighted by atomic mass is 32.2. The van der Waals surface area contributed by atoms with Gasteiger partial charge in [-0.1, -0.05) is 30.3 Å². The molecule has 2 aliphatic heterocycles. The van der Waals surface area contributed by atoms with E-state index in [2.05, 4.69) is 17.0 Å². The summed E-state index contributed by atoms with van der Waals surface area (Å²) in [5, 5.41) is 0. The van der Waals surface area contributed by atoms with Gasteiger partial charge in [0.25, 0.3) is 0 Å². The van der Waals surface area contributed by atoms with Gasteiger partial charge in [0.05, 0.1) is 4.90 Å². The molecule has 0 spiro atoms. The van der Waals surface area contributed by atoms with Gasteiger partial charge in [0.1, 0.15) is 0 Å². The summed E-state index contributed by atoms with van der Waals surface area (Å²) < 4.78 is 26.8. The van der Waals surface area contributed by atoms with Crippen molar-refractivity contribution in [3.63, 3.8) is 0 Å². The van der Waals surface area contributed by atoms with Crippen molar-refractivity contribution < 1.29 is 13.2 Å². The lowest BCUT2D eigenvalue weighted by molar-refractivity contribution is -0.131. The van der Waals surface area contributed by atoms with Crippen molar-refractivity contribution in [2.75, 3.05) is 44.2 Å². The molecule has 0 bridgehead atoms. The van der Waals surface area contributed by atoms with Crippen molar-refractivity contribution in [2.45, 2.75) is 30.6 Å². The summed E-state index contributed by atoms with van der Waals surface area (Å²) in [4.78, 5) is 17.2. The number of anilines is 1. The summed E-state index contributed by atoms with van der Waals surface area (Å²) in [5.74, 6) is 0.163. The van der Waals surface area contributed by atoms with E-state index in [9.17, 15) is 13.2 Å². The molecular weight excluding hydrogens is 398 g/mol. The van der Waals surface area contributed by atoms with E-state index >= 15 is 0 Å². The minimum absolute atomic E-state index is 0.163. The molecule has 160 valence electrons. The van der Waals surface area contributed by atoms with Gasteiger partial charge in [-0.2, -0.15) is 4.31 Å². The van der Waals surface area contributed by atoms with Gasteiger partial charge in [-0.05, 0) is 49.1 Å². The molecular formula is C23H29N3O3S. The van der Waals surface area contributed by atoms with Gasteiger partial charge in [-0.25, -0.2) is 8.42 Å². The summed E-state index contributed by atoms with van der Waals surface area (Å²) >= 11 is 0. The largest absolute Gasteiger partial charge is 0.368 e. The molecule has 0 unspecified atom stereocenters. The van der Waals surface area contributed by atoms with Crippen molar-refractivity contribution in [2.24, 2.45) is 0 Å². The Morgan fingerprint density at radius 2 is 1.43 bits per heavy atom. The molecule has 2 saturated heterocycles. The van der Waals surface area contributed by atoms with Gasteiger partial charge < -0.3 is 9.80 Å². The molecule has 1 amide bonds. The van der Waals surface area contributed by atoms with Crippen molar-refractivity contribution in [1.82, 2.24) is 9.21 Å². The molecule has 7 heteroatoms. The van der Waals surface area contributed by atoms with Crippen molar-refractivity contribution in [1.29, 1.82) is 0 Å². The summed E-state index contributed by atoms with van der Waals surface area (Å²) in [5.41, 5.74) is 2.19. The van der Waals surface area contributed by atoms with Gasteiger partial charge in [0.15, 0.2) is 0 Å². The first kappa shape index (κ1) is 20.9. The topological polar surface area (TPSA) is 60.9 Å². The van der Waals surface area contributed by atoms with Crippen LogP contribution in [0.3, 0.4) is 0 Å². The molecule has 2 fully saturated rings. The van der Waals surface area contributed by atoms with E-state index in [1.807, 2.05) is 35.2 Å². The van der Waals surface area contributed by atoms with Crippen molar-refractivity contribution in [3.05, 3.63) is 60.2 Å². The van der Waals surface area contributed by atoms with Crippen LogP contribution in [0.2, 0.25) is 0 Å². The molecule has 0 aliphatic carbocycles. The van der Waals surface area contributed by atoms with E-state index in [4.69, 9.17) is 0 Å². The highest BCUT2D eigenvalue weighted by Crippen LogP contribution is 2.22. The predicted octanol–water partition coefficient (Wildman–Crippen LogP) is 2.75. The van der Waals surface area contributed by atoms with Gasteiger partial charge in [0, 0.05) is 51.4 Å². The van der Waals surface area contributed by atoms with Crippen LogP contribution in [0.15, 0.2) is 59.5 Å². The Balaban J connectivity index is 1.27. The zero-order valence-corrected chi connectivity index (χ0v) is 18.1. The third kappa shape index (κ3) is 4.68. The molecule has 0 aromatic heterocycles. The summed E-state index contributed by atoms with van der Waals surface area (Å²) in [6.45, 7) is 4.38. The summed E-state index contributed by atoms with van der Waals surface area (Å²) in [7, 11) is -3.38. The fourth-order valence-corrected chi connectivity index (χ4v) is 5.68. The van der Waals surface area contributed by atoms with Crippen LogP contribution in [0.1, 0.15) is 24.8 Å². The molecule has 0 N–H and O–H groups in total. The van der Waals surface area contributed by atoms with Gasteiger partial charge in [-0.15, -0.1) is 0 Å². The number of aryl methyl sites for hydroxylation is 1. The number of carbonyl (C=O) groups excluding carboxylic acids is 1. The normalized spacial score (nSPS) is 18.0. The second-order valence-electron chi connectivity index (χ2n) is 7.96. The molecule has 2 aliphatic rings. The lowest BCUT2D eigenvalue weighted by Crippen LogP contribution is -2.48. The zero-order valence-electron chi connectivity index (χ0n) is 17.2. The average Bonchev–Trinajstić information content (AvgIpc) is 3.34. The minimum atomic E-state index is -3.38. The first-order chi connectivity index (χ1) is 14.5. The molecule has 2 aromatic rings. The van der Waals surface area contributed by atoms with Crippen LogP contribution < -0.4 is 4.90 Å². The number of nitrogens with zero attached hydrogens (tertiary/aromatic N) is 3. The SMILES string of the molecule is O=C(CCc1ccc(S(=O)(=O)N2CCCC2)cc1)N1CCN(c2ccccc2)CC1. The monoisotopic (exact) mass is 427 g/mol. The Morgan fingerprint density at radius 1 is 0.800 bits per heavy atom. The van der Waals surface area contributed by atoms with Crippen LogP contribution in [0.25, 0.3) is 0 Å². The van der Waals surface area contributed by atoms with E-state index in [1.165, 1.54) is 5.69 Å². The molecule has 0 atom stereocenters. The smallest absolute Gasteiger partial charge is 0.243 e. The lowest BCUT2D eigenvalue weighted by Gasteiger charge is -2.36. The molecule has 2 aromatic carbocycles. The van der Waals surface area contributed by atoms with Crippen LogP contribution in [-0.2, 0) is 21.2 Å². The molecule has 2 heterocycles. The maximum absolute atomic E-state index is 12.6. The first-order valence-corrected chi connectivity index (χ1v) is 12.1. The Labute approximate surface area is 179 Å². The van der Waals surface area contributed by atoms with E-state index < -0.39 is 10.0 Å². The number of sulfonamides is 1. The van der Waals surface area contributed by atoms with Crippen LogP contribution in [-0.4, -0.2) is 62.8 Å². The molecule has 30 heavy (non-hydrogen) atoms. The highest BCUT2D eigenvalue weighted by molar-refractivity contribution is 7.89. The Bertz CT molecular complexity index is 947. The molecule has 4 rings (SSSR count). The third-order valence-electron chi connectivity index (χ3n) is 6.01. The van der Waals surface area contributed by atoms with E-state index in [0.29, 0.717) is 30.8 Å². The minimum Gasteiger partial charge on any atom is -0.368 e. The number of hydrogen-bond acceptors (Lipinski definition) is 4. The van der Waals surface area contributed by atoms with Crippen LogP contribution >= 0.6 is 0 Å². The molecule has 0 radical (unpaired) electrons. The van der Waals surface area contributed by atoms with Crippen LogP contribution in [0.4, 0.5) is 5.69 Å². The number of amides is 1. The second-order valence-corrected chi connectivity index (χ2v) is 9.90. The number of hydrogen-bond donors (Lipinski definition) is 0. The number of rotatable bonds is 6. The van der Waals surface area contributed by atoms with Gasteiger partial charge >= 0.3 is 0 Å². The van der Waals surface area contributed by atoms with E-state index in [1.54, 1.807) is 16.4 Å². The zero-order chi connectivity index (χ0) is 21.0. The fourth-order valence-electron chi connectivity index (χ4n) is 4.17. The molecule has 0 saturated carbocycles. The number of para-hydroxylation sites is 1. The standard InChI is InChI=1S/C23H29N3O3S/c27-23(25-18-16-24(17-19-25)21-6-2-1-3-7-21)13-10-20-8-11-22(12-9-20)30(28,29)26-14-4-5-15-26/h1-3,6-9,11-12H,4-5,10,13-19H2. The highest BCUT2D eigenvalue weighted by Gasteiger charge is 2.27. The van der Waals surface area contributed by atoms with E-state index in [-0.39, 0.29) is 5.91 Å². The van der Waals surface area contributed by atoms with Crippen molar-refractivity contribution in [3.8, 4) is 0 Å². The number of piperazine rings is 1. The lowest BCUT2D eigenvalue weighted by atomic mass is 10.1. The van der Waals surface area contributed by atoms with Crippen molar-refractivity contribution >= 4 is 21.6 Å². The first-order valence-electron chi connectivity index (χ1n) is 10.7. The van der Waals surface area contributed by atoms with Gasteiger partial charge in [0.2, 0.25) is 15.9 Å².